The van der Waals surface area contributed by atoms with Crippen LogP contribution in [0.2, 0.25) is 10.0 Å². The van der Waals surface area contributed by atoms with Crippen LogP contribution in [-0.4, -0.2) is 34.8 Å². The molecule has 2 aliphatic rings. The van der Waals surface area contributed by atoms with E-state index in [-0.39, 0.29) is 24.4 Å². The number of urea groups is 1. The van der Waals surface area contributed by atoms with E-state index in [0.717, 1.165) is 24.2 Å². The van der Waals surface area contributed by atoms with Gasteiger partial charge in [0.15, 0.2) is 0 Å². The molecular weight excluding hydrogens is 389 g/mol. The normalized spacial score (nSPS) is 26.2. The van der Waals surface area contributed by atoms with Crippen LogP contribution in [0.5, 0.6) is 0 Å². The SMILES string of the molecule is C[C@H](NC(=O)CN1C(=O)N[C@@]2(CCCC[C@H]2C)C1=O)c1ccc(Cl)cc1Cl. The number of rotatable bonds is 4. The van der Waals surface area contributed by atoms with Gasteiger partial charge in [-0.3, -0.25) is 14.5 Å². The predicted octanol–water partition coefficient (Wildman–Crippen LogP) is 3.67. The van der Waals surface area contributed by atoms with Crippen LogP contribution in [0.3, 0.4) is 0 Å². The maximum atomic E-state index is 12.9. The zero-order valence-electron chi connectivity index (χ0n) is 15.4. The summed E-state index contributed by atoms with van der Waals surface area (Å²) in [6, 6.07) is 4.15. The van der Waals surface area contributed by atoms with Crippen molar-refractivity contribution in [3.8, 4) is 0 Å². The summed E-state index contributed by atoms with van der Waals surface area (Å²) in [5.41, 5.74) is -0.148. The largest absolute Gasteiger partial charge is 0.348 e. The molecule has 0 aromatic heterocycles. The Bertz CT molecular complexity index is 785. The molecule has 2 fully saturated rings. The van der Waals surface area contributed by atoms with Crippen LogP contribution in [0.4, 0.5) is 4.79 Å². The lowest BCUT2D eigenvalue weighted by atomic mass is 9.73. The number of hydrogen-bond donors (Lipinski definition) is 2. The minimum Gasteiger partial charge on any atom is -0.348 e. The van der Waals surface area contributed by atoms with Crippen molar-refractivity contribution in [3.63, 3.8) is 0 Å². The molecule has 1 saturated heterocycles. The van der Waals surface area contributed by atoms with E-state index in [1.165, 1.54) is 0 Å². The van der Waals surface area contributed by atoms with Crippen molar-refractivity contribution in [3.05, 3.63) is 33.8 Å². The second-order valence-corrected chi connectivity index (χ2v) is 8.24. The predicted molar refractivity (Wildman–Crippen MR) is 104 cm³/mol. The van der Waals surface area contributed by atoms with Crippen molar-refractivity contribution in [1.82, 2.24) is 15.5 Å². The monoisotopic (exact) mass is 411 g/mol. The molecule has 0 unspecified atom stereocenters. The summed E-state index contributed by atoms with van der Waals surface area (Å²) in [4.78, 5) is 38.7. The van der Waals surface area contributed by atoms with E-state index in [1.807, 2.05) is 6.92 Å². The van der Waals surface area contributed by atoms with Crippen LogP contribution in [0.1, 0.15) is 51.1 Å². The van der Waals surface area contributed by atoms with Crippen molar-refractivity contribution in [2.75, 3.05) is 6.54 Å². The first-order valence-electron chi connectivity index (χ1n) is 9.13. The fourth-order valence-electron chi connectivity index (χ4n) is 4.00. The fraction of sp³-hybridized carbons (Fsp3) is 0.526. The number of nitrogens with zero attached hydrogens (tertiary/aromatic N) is 1. The minimum absolute atomic E-state index is 0.0579. The molecule has 146 valence electrons. The Morgan fingerprint density at radius 3 is 2.78 bits per heavy atom. The second-order valence-electron chi connectivity index (χ2n) is 7.39. The van der Waals surface area contributed by atoms with Gasteiger partial charge < -0.3 is 10.6 Å². The third kappa shape index (κ3) is 3.78. The van der Waals surface area contributed by atoms with E-state index in [1.54, 1.807) is 25.1 Å². The lowest BCUT2D eigenvalue weighted by molar-refractivity contribution is -0.137. The number of hydrogen-bond acceptors (Lipinski definition) is 3. The van der Waals surface area contributed by atoms with Crippen LogP contribution in [-0.2, 0) is 9.59 Å². The smallest absolute Gasteiger partial charge is 0.325 e. The highest BCUT2D eigenvalue weighted by molar-refractivity contribution is 6.35. The quantitative estimate of drug-likeness (QED) is 0.741. The van der Waals surface area contributed by atoms with Crippen LogP contribution in [0, 0.1) is 5.92 Å². The third-order valence-corrected chi connectivity index (χ3v) is 6.17. The number of amides is 4. The molecule has 1 heterocycles. The zero-order chi connectivity index (χ0) is 19.8. The topological polar surface area (TPSA) is 78.5 Å². The molecule has 0 radical (unpaired) electrons. The summed E-state index contributed by atoms with van der Waals surface area (Å²) in [6.45, 7) is 3.45. The highest BCUT2D eigenvalue weighted by Gasteiger charge is 2.55. The van der Waals surface area contributed by atoms with Gasteiger partial charge in [-0.2, -0.15) is 0 Å². The molecule has 1 aliphatic heterocycles. The first-order valence-corrected chi connectivity index (χ1v) is 9.88. The van der Waals surface area contributed by atoms with E-state index in [0.29, 0.717) is 22.0 Å². The molecule has 27 heavy (non-hydrogen) atoms. The Hall–Kier alpha value is -1.79. The van der Waals surface area contributed by atoms with Gasteiger partial charge in [0.1, 0.15) is 12.1 Å². The number of imide groups is 1. The van der Waals surface area contributed by atoms with Crippen molar-refractivity contribution in [2.45, 2.75) is 51.1 Å². The molecule has 6 nitrogen and oxygen atoms in total. The number of carbonyl (C=O) groups excluding carboxylic acids is 3. The summed E-state index contributed by atoms with van der Waals surface area (Å²) in [5, 5.41) is 6.59. The van der Waals surface area contributed by atoms with E-state index >= 15 is 0 Å². The summed E-state index contributed by atoms with van der Waals surface area (Å²) < 4.78 is 0. The first kappa shape index (κ1) is 20.0. The Balaban J connectivity index is 1.67. The van der Waals surface area contributed by atoms with E-state index < -0.39 is 17.5 Å². The summed E-state index contributed by atoms with van der Waals surface area (Å²) >= 11 is 12.1. The van der Waals surface area contributed by atoms with Gasteiger partial charge in [-0.25, -0.2) is 4.79 Å². The number of benzene rings is 1. The number of carbonyl (C=O) groups is 3. The fourth-order valence-corrected chi connectivity index (χ4v) is 4.57. The molecule has 1 aromatic rings. The molecule has 2 N–H and O–H groups in total. The van der Waals surface area contributed by atoms with E-state index in [2.05, 4.69) is 10.6 Å². The molecule has 1 aromatic carbocycles. The van der Waals surface area contributed by atoms with Crippen molar-refractivity contribution in [2.24, 2.45) is 5.92 Å². The average Bonchev–Trinajstić information content (AvgIpc) is 2.82. The Morgan fingerprint density at radius 2 is 2.11 bits per heavy atom. The Kier molecular flexibility index (Phi) is 5.68. The Labute approximate surface area is 168 Å². The van der Waals surface area contributed by atoms with Gasteiger partial charge in [0.05, 0.1) is 6.04 Å². The molecule has 1 aliphatic carbocycles. The van der Waals surface area contributed by atoms with E-state index in [9.17, 15) is 14.4 Å². The zero-order valence-corrected chi connectivity index (χ0v) is 16.9. The van der Waals surface area contributed by atoms with Crippen LogP contribution in [0.25, 0.3) is 0 Å². The molecule has 0 bridgehead atoms. The molecule has 1 saturated carbocycles. The van der Waals surface area contributed by atoms with Gasteiger partial charge in [0.2, 0.25) is 5.91 Å². The number of halogens is 2. The van der Waals surface area contributed by atoms with Crippen molar-refractivity contribution < 1.29 is 14.4 Å². The second kappa shape index (κ2) is 7.68. The van der Waals surface area contributed by atoms with Crippen LogP contribution >= 0.6 is 23.2 Å². The van der Waals surface area contributed by atoms with Crippen LogP contribution in [0.15, 0.2) is 18.2 Å². The van der Waals surface area contributed by atoms with Gasteiger partial charge in [-0.15, -0.1) is 0 Å². The highest BCUT2D eigenvalue weighted by atomic mass is 35.5. The molecule has 8 heteroatoms. The molecule has 3 atom stereocenters. The van der Waals surface area contributed by atoms with Crippen LogP contribution < -0.4 is 10.6 Å². The summed E-state index contributed by atoms with van der Waals surface area (Å²) in [5.74, 6) is -0.660. The lowest BCUT2D eigenvalue weighted by Crippen LogP contribution is -2.54. The summed E-state index contributed by atoms with van der Waals surface area (Å²) in [6.07, 6.45) is 3.44. The maximum absolute atomic E-state index is 12.9. The van der Waals surface area contributed by atoms with Crippen molar-refractivity contribution in [1.29, 1.82) is 0 Å². The summed E-state index contributed by atoms with van der Waals surface area (Å²) in [7, 11) is 0. The Morgan fingerprint density at radius 1 is 1.37 bits per heavy atom. The van der Waals surface area contributed by atoms with Crippen molar-refractivity contribution >= 4 is 41.0 Å². The first-order chi connectivity index (χ1) is 12.7. The van der Waals surface area contributed by atoms with Gasteiger partial charge in [0.25, 0.3) is 5.91 Å². The third-order valence-electron chi connectivity index (χ3n) is 5.61. The lowest BCUT2D eigenvalue weighted by Gasteiger charge is -2.36. The molecule has 4 amide bonds. The number of nitrogens with one attached hydrogen (secondary N) is 2. The van der Waals surface area contributed by atoms with E-state index in [4.69, 9.17) is 23.2 Å². The van der Waals surface area contributed by atoms with Gasteiger partial charge >= 0.3 is 6.03 Å². The standard InChI is InChI=1S/C19H23Cl2N3O3/c1-11-5-3-4-8-19(11)17(26)24(18(27)23-19)10-16(25)22-12(2)14-7-6-13(20)9-15(14)21/h6-7,9,11-12H,3-5,8,10H2,1-2H3,(H,22,25)(H,23,27)/t11-,12+,19-/m1/s1. The minimum atomic E-state index is -0.860. The highest BCUT2D eigenvalue weighted by Crippen LogP contribution is 2.38. The average molecular weight is 412 g/mol. The molecular formula is C19H23Cl2N3O3. The van der Waals surface area contributed by atoms with Gasteiger partial charge in [-0.05, 0) is 43.4 Å². The molecule has 3 rings (SSSR count). The van der Waals surface area contributed by atoms with Gasteiger partial charge in [-0.1, -0.05) is 49.0 Å². The van der Waals surface area contributed by atoms with Gasteiger partial charge in [0, 0.05) is 10.0 Å². The molecule has 1 spiro atoms. The maximum Gasteiger partial charge on any atom is 0.325 e.